The first kappa shape index (κ1) is 24.6. The molecule has 8 nitrogen and oxygen atoms in total. The highest BCUT2D eigenvalue weighted by Gasteiger charge is 2.17. The van der Waals surface area contributed by atoms with Crippen molar-refractivity contribution < 1.29 is 14.3 Å². The van der Waals surface area contributed by atoms with Crippen LogP contribution in [0.5, 0.6) is 5.75 Å². The normalized spacial score (nSPS) is 10.5. The minimum absolute atomic E-state index is 0.0153. The number of para-hydroxylation sites is 1. The van der Waals surface area contributed by atoms with Crippen molar-refractivity contribution in [2.75, 3.05) is 23.5 Å². The standard InChI is InChI=1S/C22H21Cl2N5O3S/c1-3-10-29-19(12-20(30)25-16-7-5-4-6-15(16)24)27-28-22(29)33-13-21(31)26-17-11-14(23)8-9-18(17)32-2/h3-9,11H,1,10,12-13H2,2H3,(H,25,30)(H,26,31). The van der Waals surface area contributed by atoms with Gasteiger partial charge in [0.05, 0.1) is 35.7 Å². The number of nitrogens with one attached hydrogen (secondary N) is 2. The van der Waals surface area contributed by atoms with Crippen LogP contribution in [0.4, 0.5) is 11.4 Å². The fourth-order valence-corrected chi connectivity index (χ4v) is 3.99. The first-order valence-electron chi connectivity index (χ1n) is 9.74. The number of carbonyl (C=O) groups excluding carboxylic acids is 2. The van der Waals surface area contributed by atoms with Gasteiger partial charge >= 0.3 is 0 Å². The van der Waals surface area contributed by atoms with E-state index < -0.39 is 0 Å². The molecule has 11 heteroatoms. The molecule has 3 aromatic rings. The van der Waals surface area contributed by atoms with Crippen molar-refractivity contribution in [1.82, 2.24) is 14.8 Å². The highest BCUT2D eigenvalue weighted by molar-refractivity contribution is 7.99. The number of allylic oxidation sites excluding steroid dienone is 1. The van der Waals surface area contributed by atoms with Crippen molar-refractivity contribution in [3.63, 3.8) is 0 Å². The summed E-state index contributed by atoms with van der Waals surface area (Å²) in [7, 11) is 1.51. The molecular formula is C22H21Cl2N5O3S. The molecular weight excluding hydrogens is 485 g/mol. The van der Waals surface area contributed by atoms with Gasteiger partial charge in [-0.05, 0) is 30.3 Å². The number of amides is 2. The smallest absolute Gasteiger partial charge is 0.234 e. The maximum atomic E-state index is 12.5. The van der Waals surface area contributed by atoms with Crippen molar-refractivity contribution in [1.29, 1.82) is 0 Å². The lowest BCUT2D eigenvalue weighted by Crippen LogP contribution is -2.18. The third kappa shape index (κ3) is 6.74. The highest BCUT2D eigenvalue weighted by atomic mass is 35.5. The molecule has 2 N–H and O–H groups in total. The number of rotatable bonds is 10. The molecule has 1 heterocycles. The Hall–Kier alpha value is -3.01. The number of aromatic nitrogens is 3. The molecule has 0 aliphatic heterocycles. The number of anilines is 2. The number of ether oxygens (including phenoxy) is 1. The van der Waals surface area contributed by atoms with Gasteiger partial charge in [-0.1, -0.05) is 53.2 Å². The van der Waals surface area contributed by atoms with Crippen molar-refractivity contribution in [3.05, 3.63) is 71.0 Å². The first-order chi connectivity index (χ1) is 15.9. The summed E-state index contributed by atoms with van der Waals surface area (Å²) in [5, 5.41) is 15.2. The van der Waals surface area contributed by atoms with Gasteiger partial charge in [-0.25, -0.2) is 0 Å². The highest BCUT2D eigenvalue weighted by Crippen LogP contribution is 2.28. The monoisotopic (exact) mass is 505 g/mol. The predicted molar refractivity (Wildman–Crippen MR) is 131 cm³/mol. The van der Waals surface area contributed by atoms with E-state index in [1.54, 1.807) is 53.1 Å². The second kappa shape index (κ2) is 11.7. The molecule has 3 rings (SSSR count). The molecule has 0 radical (unpaired) electrons. The molecule has 1 aromatic heterocycles. The quantitative estimate of drug-likeness (QED) is 0.306. The molecule has 2 amide bonds. The topological polar surface area (TPSA) is 98.1 Å². The Labute approximate surface area is 205 Å². The molecule has 172 valence electrons. The molecule has 0 saturated heterocycles. The van der Waals surface area contributed by atoms with Gasteiger partial charge in [0.1, 0.15) is 11.6 Å². The fraction of sp³-hybridized carbons (Fsp3) is 0.182. The number of hydrogen-bond donors (Lipinski definition) is 2. The van der Waals surface area contributed by atoms with E-state index in [9.17, 15) is 9.59 Å². The van der Waals surface area contributed by atoms with E-state index in [2.05, 4.69) is 27.4 Å². The summed E-state index contributed by atoms with van der Waals surface area (Å²) in [6, 6.07) is 11.9. The van der Waals surface area contributed by atoms with Gasteiger partial charge in [-0.2, -0.15) is 0 Å². The zero-order valence-corrected chi connectivity index (χ0v) is 20.0. The minimum Gasteiger partial charge on any atom is -0.495 e. The summed E-state index contributed by atoms with van der Waals surface area (Å²) in [5.74, 6) is 0.449. The van der Waals surface area contributed by atoms with Crippen LogP contribution in [0, 0.1) is 0 Å². The Morgan fingerprint density at radius 3 is 2.61 bits per heavy atom. The average Bonchev–Trinajstić information content (AvgIpc) is 3.15. The van der Waals surface area contributed by atoms with Crippen LogP contribution in [0.1, 0.15) is 5.82 Å². The summed E-state index contributed by atoms with van der Waals surface area (Å²) >= 11 is 13.3. The van der Waals surface area contributed by atoms with E-state index in [-0.39, 0.29) is 24.0 Å². The number of thioether (sulfide) groups is 1. The second-order valence-corrected chi connectivity index (χ2v) is 8.47. The number of carbonyl (C=O) groups is 2. The molecule has 0 aliphatic carbocycles. The van der Waals surface area contributed by atoms with E-state index in [0.29, 0.717) is 44.7 Å². The van der Waals surface area contributed by atoms with Crippen LogP contribution in [0.25, 0.3) is 0 Å². The minimum atomic E-state index is -0.289. The van der Waals surface area contributed by atoms with Crippen molar-refractivity contribution in [2.45, 2.75) is 18.1 Å². The van der Waals surface area contributed by atoms with Gasteiger partial charge in [-0.3, -0.25) is 9.59 Å². The van der Waals surface area contributed by atoms with E-state index in [0.717, 1.165) is 0 Å². The SMILES string of the molecule is C=CCn1c(CC(=O)Nc2ccccc2Cl)nnc1SCC(=O)Nc1cc(Cl)ccc1OC. The van der Waals surface area contributed by atoms with Crippen LogP contribution in [-0.2, 0) is 22.6 Å². The van der Waals surface area contributed by atoms with E-state index in [1.165, 1.54) is 18.9 Å². The van der Waals surface area contributed by atoms with Crippen LogP contribution in [0.15, 0.2) is 60.3 Å². The summed E-state index contributed by atoms with van der Waals surface area (Å²) < 4.78 is 6.97. The lowest BCUT2D eigenvalue weighted by molar-refractivity contribution is -0.116. The number of benzene rings is 2. The average molecular weight is 506 g/mol. The molecule has 0 atom stereocenters. The maximum absolute atomic E-state index is 12.5. The molecule has 0 saturated carbocycles. The van der Waals surface area contributed by atoms with Crippen molar-refractivity contribution in [3.8, 4) is 5.75 Å². The summed E-state index contributed by atoms with van der Waals surface area (Å²) in [6.07, 6.45) is 1.65. The van der Waals surface area contributed by atoms with Gasteiger partial charge in [0.25, 0.3) is 0 Å². The van der Waals surface area contributed by atoms with Gasteiger partial charge < -0.3 is 19.9 Å². The predicted octanol–water partition coefficient (Wildman–Crippen LogP) is 4.69. The number of hydrogen-bond acceptors (Lipinski definition) is 6. The van der Waals surface area contributed by atoms with E-state index in [4.69, 9.17) is 27.9 Å². The summed E-state index contributed by atoms with van der Waals surface area (Å²) in [5.41, 5.74) is 0.988. The zero-order chi connectivity index (χ0) is 23.8. The third-order valence-electron chi connectivity index (χ3n) is 4.34. The molecule has 0 unspecified atom stereocenters. The lowest BCUT2D eigenvalue weighted by Gasteiger charge is -2.11. The molecule has 0 spiro atoms. The van der Waals surface area contributed by atoms with Gasteiger partial charge in [0.15, 0.2) is 5.16 Å². The Kier molecular flexibility index (Phi) is 8.76. The number of methoxy groups -OCH3 is 1. The summed E-state index contributed by atoms with van der Waals surface area (Å²) in [4.78, 5) is 25.0. The molecule has 0 bridgehead atoms. The van der Waals surface area contributed by atoms with Crippen LogP contribution < -0.4 is 15.4 Å². The van der Waals surface area contributed by atoms with E-state index in [1.807, 2.05) is 0 Å². The van der Waals surface area contributed by atoms with E-state index >= 15 is 0 Å². The lowest BCUT2D eigenvalue weighted by atomic mass is 10.3. The maximum Gasteiger partial charge on any atom is 0.234 e. The van der Waals surface area contributed by atoms with Crippen molar-refractivity contribution in [2.24, 2.45) is 0 Å². The first-order valence-corrected chi connectivity index (χ1v) is 11.5. The van der Waals surface area contributed by atoms with Crippen molar-refractivity contribution >= 4 is 58.2 Å². The van der Waals surface area contributed by atoms with Crippen LogP contribution >= 0.6 is 35.0 Å². The number of nitrogens with zero attached hydrogens (tertiary/aromatic N) is 3. The van der Waals surface area contributed by atoms with Gasteiger partial charge in [0, 0.05) is 11.6 Å². The second-order valence-electron chi connectivity index (χ2n) is 6.68. The third-order valence-corrected chi connectivity index (χ3v) is 5.87. The Balaban J connectivity index is 1.65. The largest absolute Gasteiger partial charge is 0.495 e. The Bertz CT molecular complexity index is 1170. The summed E-state index contributed by atoms with van der Waals surface area (Å²) in [6.45, 7) is 4.13. The fourth-order valence-electron chi connectivity index (χ4n) is 2.86. The Morgan fingerprint density at radius 2 is 1.88 bits per heavy atom. The van der Waals surface area contributed by atoms with Crippen LogP contribution in [0.3, 0.4) is 0 Å². The molecule has 0 fully saturated rings. The zero-order valence-electron chi connectivity index (χ0n) is 17.7. The molecule has 33 heavy (non-hydrogen) atoms. The van der Waals surface area contributed by atoms with Gasteiger partial charge in [0.2, 0.25) is 11.8 Å². The number of halogens is 2. The molecule has 2 aromatic carbocycles. The molecule has 0 aliphatic rings. The van der Waals surface area contributed by atoms with Crippen LogP contribution in [0.2, 0.25) is 10.0 Å². The van der Waals surface area contributed by atoms with Gasteiger partial charge in [-0.15, -0.1) is 16.8 Å². The van der Waals surface area contributed by atoms with Crippen LogP contribution in [-0.4, -0.2) is 39.4 Å². The Morgan fingerprint density at radius 1 is 1.12 bits per heavy atom.